The molecule has 110 valence electrons. The van der Waals surface area contributed by atoms with Gasteiger partial charge in [-0.05, 0) is 48.9 Å². The number of rotatable bonds is 4. The number of hydrogen-bond donors (Lipinski definition) is 1. The molecule has 1 saturated carbocycles. The Morgan fingerprint density at radius 3 is 2.71 bits per heavy atom. The van der Waals surface area contributed by atoms with Crippen LogP contribution in [-0.2, 0) is 6.54 Å². The summed E-state index contributed by atoms with van der Waals surface area (Å²) in [5.74, 6) is 0.308. The molecule has 1 aliphatic carbocycles. The highest BCUT2D eigenvalue weighted by Crippen LogP contribution is 2.37. The molecular weight excluding hydrogens is 285 g/mol. The van der Waals surface area contributed by atoms with E-state index in [1.54, 1.807) is 12.1 Å². The van der Waals surface area contributed by atoms with E-state index >= 15 is 0 Å². The van der Waals surface area contributed by atoms with Crippen LogP contribution in [0.1, 0.15) is 35.4 Å². The second kappa shape index (κ2) is 6.17. The lowest BCUT2D eigenvalue weighted by atomic mass is 9.75. The summed E-state index contributed by atoms with van der Waals surface area (Å²) in [6, 6.07) is 14.2. The van der Waals surface area contributed by atoms with E-state index in [1.807, 2.05) is 0 Å². The van der Waals surface area contributed by atoms with E-state index in [4.69, 9.17) is 11.6 Å². The summed E-state index contributed by atoms with van der Waals surface area (Å²) < 4.78 is 13.1. The van der Waals surface area contributed by atoms with Crippen molar-refractivity contribution in [3.63, 3.8) is 0 Å². The second-order valence-electron chi connectivity index (χ2n) is 5.91. The number of nitrogens with one attached hydrogen (secondary N) is 1. The minimum Gasteiger partial charge on any atom is -0.310 e. The molecule has 2 aromatic rings. The molecule has 1 fully saturated rings. The van der Waals surface area contributed by atoms with Gasteiger partial charge in [0.1, 0.15) is 5.82 Å². The van der Waals surface area contributed by atoms with Gasteiger partial charge in [-0.1, -0.05) is 47.5 Å². The largest absolute Gasteiger partial charge is 0.310 e. The Labute approximate surface area is 130 Å². The molecule has 0 amide bonds. The molecule has 21 heavy (non-hydrogen) atoms. The summed E-state index contributed by atoms with van der Waals surface area (Å²) in [6.07, 6.45) is 2.33. The van der Waals surface area contributed by atoms with Crippen molar-refractivity contribution >= 4 is 11.6 Å². The average molecular weight is 304 g/mol. The number of benzene rings is 2. The Morgan fingerprint density at radius 2 is 2.00 bits per heavy atom. The molecule has 1 aliphatic rings. The van der Waals surface area contributed by atoms with E-state index in [0.717, 1.165) is 12.1 Å². The third kappa shape index (κ3) is 3.45. The van der Waals surface area contributed by atoms with Crippen LogP contribution < -0.4 is 5.32 Å². The highest BCUT2D eigenvalue weighted by atomic mass is 35.5. The summed E-state index contributed by atoms with van der Waals surface area (Å²) >= 11 is 5.79. The molecule has 1 nitrogen and oxygen atoms in total. The summed E-state index contributed by atoms with van der Waals surface area (Å²) in [4.78, 5) is 0. The van der Waals surface area contributed by atoms with E-state index in [0.29, 0.717) is 12.0 Å². The Kier molecular flexibility index (Phi) is 4.27. The fourth-order valence-electron chi connectivity index (χ4n) is 2.89. The maximum absolute atomic E-state index is 13.1. The predicted octanol–water partition coefficient (Wildman–Crippen LogP) is 4.82. The van der Waals surface area contributed by atoms with Crippen molar-refractivity contribution in [2.45, 2.75) is 38.3 Å². The summed E-state index contributed by atoms with van der Waals surface area (Å²) in [7, 11) is 0. The molecule has 0 radical (unpaired) electrons. The lowest BCUT2D eigenvalue weighted by Gasteiger charge is -2.36. The average Bonchev–Trinajstić information content (AvgIpc) is 2.41. The Balaban J connectivity index is 1.50. The van der Waals surface area contributed by atoms with Crippen LogP contribution in [0.25, 0.3) is 0 Å². The fourth-order valence-corrected chi connectivity index (χ4v) is 3.10. The zero-order valence-electron chi connectivity index (χ0n) is 12.1. The molecule has 3 heteroatoms. The minimum atomic E-state index is -0.358. The van der Waals surface area contributed by atoms with Gasteiger partial charge in [-0.2, -0.15) is 0 Å². The second-order valence-corrected chi connectivity index (χ2v) is 6.32. The first-order valence-corrected chi connectivity index (χ1v) is 7.73. The summed E-state index contributed by atoms with van der Waals surface area (Å²) in [6.45, 7) is 2.88. The van der Waals surface area contributed by atoms with Gasteiger partial charge in [0.15, 0.2) is 0 Å². The predicted molar refractivity (Wildman–Crippen MR) is 85.2 cm³/mol. The van der Waals surface area contributed by atoms with E-state index in [-0.39, 0.29) is 10.8 Å². The van der Waals surface area contributed by atoms with Crippen LogP contribution >= 0.6 is 11.6 Å². The third-order valence-corrected chi connectivity index (χ3v) is 4.52. The first-order chi connectivity index (χ1) is 10.1. The third-order valence-electron chi connectivity index (χ3n) is 4.23. The summed E-state index contributed by atoms with van der Waals surface area (Å²) in [5.41, 5.74) is 3.79. The van der Waals surface area contributed by atoms with Gasteiger partial charge >= 0.3 is 0 Å². The van der Waals surface area contributed by atoms with E-state index in [1.165, 1.54) is 30.0 Å². The van der Waals surface area contributed by atoms with E-state index in [9.17, 15) is 4.39 Å². The highest BCUT2D eigenvalue weighted by molar-refractivity contribution is 6.30. The van der Waals surface area contributed by atoms with Crippen molar-refractivity contribution in [1.29, 1.82) is 0 Å². The van der Waals surface area contributed by atoms with Crippen molar-refractivity contribution in [3.8, 4) is 0 Å². The maximum Gasteiger partial charge on any atom is 0.141 e. The normalized spacial score (nSPS) is 21.1. The van der Waals surface area contributed by atoms with Crippen molar-refractivity contribution in [2.75, 3.05) is 0 Å². The summed E-state index contributed by atoms with van der Waals surface area (Å²) in [5, 5.41) is 3.71. The molecule has 0 bridgehead atoms. The van der Waals surface area contributed by atoms with Crippen LogP contribution in [0.4, 0.5) is 4.39 Å². The number of aryl methyl sites for hydroxylation is 1. The topological polar surface area (TPSA) is 12.0 Å². The van der Waals surface area contributed by atoms with E-state index < -0.39 is 0 Å². The van der Waals surface area contributed by atoms with Gasteiger partial charge in [0.25, 0.3) is 0 Å². The minimum absolute atomic E-state index is 0.195. The molecule has 0 aromatic heterocycles. The van der Waals surface area contributed by atoms with Crippen LogP contribution in [-0.4, -0.2) is 6.04 Å². The van der Waals surface area contributed by atoms with Crippen molar-refractivity contribution in [2.24, 2.45) is 0 Å². The quantitative estimate of drug-likeness (QED) is 0.853. The van der Waals surface area contributed by atoms with Gasteiger partial charge < -0.3 is 5.32 Å². The first-order valence-electron chi connectivity index (χ1n) is 7.35. The fraction of sp³-hybridized carbons (Fsp3) is 0.333. The molecule has 2 aromatic carbocycles. The Bertz CT molecular complexity index is 635. The van der Waals surface area contributed by atoms with Crippen molar-refractivity contribution in [1.82, 2.24) is 5.32 Å². The van der Waals surface area contributed by atoms with Crippen LogP contribution in [0, 0.1) is 12.7 Å². The van der Waals surface area contributed by atoms with Crippen molar-refractivity contribution in [3.05, 3.63) is 70.0 Å². The van der Waals surface area contributed by atoms with Crippen molar-refractivity contribution < 1.29 is 4.39 Å². The molecule has 0 saturated heterocycles. The number of hydrogen-bond acceptors (Lipinski definition) is 1. The molecule has 0 atom stereocenters. The van der Waals surface area contributed by atoms with Gasteiger partial charge in [-0.3, -0.25) is 0 Å². The van der Waals surface area contributed by atoms with E-state index in [2.05, 4.69) is 36.5 Å². The van der Waals surface area contributed by atoms with Crippen LogP contribution in [0.3, 0.4) is 0 Å². The standard InChI is InChI=1S/C18H19ClFN/c1-12-3-2-4-14(7-12)15-9-16(10-15)21-11-13-5-6-18(20)17(19)8-13/h2-8,15-16,21H,9-11H2,1H3. The van der Waals surface area contributed by atoms with Gasteiger partial charge in [0, 0.05) is 12.6 Å². The smallest absolute Gasteiger partial charge is 0.141 e. The maximum atomic E-state index is 13.1. The first kappa shape index (κ1) is 14.6. The zero-order chi connectivity index (χ0) is 14.8. The molecule has 0 aliphatic heterocycles. The molecule has 0 spiro atoms. The van der Waals surface area contributed by atoms with Gasteiger partial charge in [-0.25, -0.2) is 4.39 Å². The molecule has 3 rings (SSSR count). The number of halogens is 2. The van der Waals surface area contributed by atoms with Crippen LogP contribution in [0.2, 0.25) is 5.02 Å². The van der Waals surface area contributed by atoms with Gasteiger partial charge in [0.05, 0.1) is 5.02 Å². The zero-order valence-corrected chi connectivity index (χ0v) is 12.8. The van der Waals surface area contributed by atoms with Gasteiger partial charge in [0.2, 0.25) is 0 Å². The molecular formula is C18H19ClFN. The monoisotopic (exact) mass is 303 g/mol. The Morgan fingerprint density at radius 1 is 1.19 bits per heavy atom. The highest BCUT2D eigenvalue weighted by Gasteiger charge is 2.29. The molecule has 0 unspecified atom stereocenters. The van der Waals surface area contributed by atoms with Crippen LogP contribution in [0.5, 0.6) is 0 Å². The van der Waals surface area contributed by atoms with Gasteiger partial charge in [-0.15, -0.1) is 0 Å². The van der Waals surface area contributed by atoms with Crippen LogP contribution in [0.15, 0.2) is 42.5 Å². The lowest BCUT2D eigenvalue weighted by Crippen LogP contribution is -2.39. The molecule has 0 heterocycles. The lowest BCUT2D eigenvalue weighted by molar-refractivity contribution is 0.289. The Hall–Kier alpha value is -1.38. The SMILES string of the molecule is Cc1cccc(C2CC(NCc3ccc(F)c(Cl)c3)C2)c1. The molecule has 1 N–H and O–H groups in total.